The van der Waals surface area contributed by atoms with Gasteiger partial charge in [0.15, 0.2) is 0 Å². The summed E-state index contributed by atoms with van der Waals surface area (Å²) in [5.74, 6) is 0. The molecule has 0 saturated carbocycles. The molecule has 0 aromatic heterocycles. The van der Waals surface area contributed by atoms with Crippen LogP contribution in [0.2, 0.25) is 0 Å². The summed E-state index contributed by atoms with van der Waals surface area (Å²) in [5, 5.41) is 13.0. The minimum Gasteiger partial charge on any atom is -0.393 e. The van der Waals surface area contributed by atoms with Gasteiger partial charge in [-0.1, -0.05) is 0 Å². The van der Waals surface area contributed by atoms with Gasteiger partial charge < -0.3 is 10.4 Å². The van der Waals surface area contributed by atoms with Crippen molar-refractivity contribution in [1.82, 2.24) is 5.32 Å². The molecule has 0 aliphatic carbocycles. The first kappa shape index (κ1) is 9.01. The SMILES string of the molecule is CC1(C)CC(O)CC(C)(C)[15NH]1. The van der Waals surface area contributed by atoms with Crippen LogP contribution >= 0.6 is 0 Å². The zero-order valence-corrected chi connectivity index (χ0v) is 7.94. The molecule has 0 radical (unpaired) electrons. The minimum atomic E-state index is -0.138. The number of hydrogen-bond acceptors (Lipinski definition) is 2. The molecule has 66 valence electrons. The molecule has 1 fully saturated rings. The predicted molar refractivity (Wildman–Crippen MR) is 46.5 cm³/mol. The van der Waals surface area contributed by atoms with Crippen LogP contribution in [0.1, 0.15) is 40.5 Å². The van der Waals surface area contributed by atoms with E-state index in [1.54, 1.807) is 0 Å². The molecule has 1 saturated heterocycles. The molecule has 2 heteroatoms. The summed E-state index contributed by atoms with van der Waals surface area (Å²) in [6.07, 6.45) is 1.58. The van der Waals surface area contributed by atoms with Gasteiger partial charge in [-0.3, -0.25) is 0 Å². The predicted octanol–water partition coefficient (Wildman–Crippen LogP) is 1.29. The van der Waals surface area contributed by atoms with Crippen molar-refractivity contribution in [2.45, 2.75) is 57.7 Å². The maximum absolute atomic E-state index is 9.54. The maximum Gasteiger partial charge on any atom is 0.0575 e. The first-order valence-electron chi connectivity index (χ1n) is 4.28. The van der Waals surface area contributed by atoms with Crippen molar-refractivity contribution in [3.05, 3.63) is 0 Å². The summed E-state index contributed by atoms with van der Waals surface area (Å²) >= 11 is 0. The van der Waals surface area contributed by atoms with Crippen LogP contribution in [0.5, 0.6) is 0 Å². The minimum absolute atomic E-state index is 0.0845. The molecule has 1 aliphatic rings. The van der Waals surface area contributed by atoms with Gasteiger partial charge in [-0.05, 0) is 40.5 Å². The molecule has 0 spiro atoms. The lowest BCUT2D eigenvalue weighted by Gasteiger charge is -2.44. The van der Waals surface area contributed by atoms with E-state index in [1.807, 2.05) is 0 Å². The number of aliphatic hydroxyl groups excluding tert-OH is 1. The quantitative estimate of drug-likeness (QED) is 0.521. The molecule has 1 rings (SSSR count). The molecule has 1 heterocycles. The molecule has 2 nitrogen and oxygen atoms in total. The normalized spacial score (nSPS) is 30.3. The fourth-order valence-corrected chi connectivity index (χ4v) is 2.27. The van der Waals surface area contributed by atoms with Crippen molar-refractivity contribution >= 4 is 0 Å². The highest BCUT2D eigenvalue weighted by atomic mass is 16.3. The van der Waals surface area contributed by atoms with Crippen LogP contribution in [0.15, 0.2) is 0 Å². The summed E-state index contributed by atoms with van der Waals surface area (Å²) in [5.41, 5.74) is 0.169. The lowest BCUT2D eigenvalue weighted by atomic mass is 9.85. The molecule has 2 N–H and O–H groups in total. The highest BCUT2D eigenvalue weighted by molar-refractivity contribution is 4.96. The Morgan fingerprint density at radius 1 is 1.09 bits per heavy atom. The number of rotatable bonds is 0. The van der Waals surface area contributed by atoms with E-state index in [9.17, 15) is 5.11 Å². The van der Waals surface area contributed by atoms with Crippen molar-refractivity contribution in [1.29, 1.82) is 0 Å². The largest absolute Gasteiger partial charge is 0.393 e. The van der Waals surface area contributed by atoms with Gasteiger partial charge in [-0.15, -0.1) is 0 Å². The van der Waals surface area contributed by atoms with Crippen LogP contribution in [0.25, 0.3) is 0 Å². The Balaban J connectivity index is 2.66. The zero-order valence-electron chi connectivity index (χ0n) is 7.94. The third kappa shape index (κ3) is 2.46. The van der Waals surface area contributed by atoms with E-state index in [4.69, 9.17) is 0 Å². The van der Waals surface area contributed by atoms with E-state index in [0.717, 1.165) is 12.8 Å². The van der Waals surface area contributed by atoms with Crippen LogP contribution in [0, 0.1) is 0 Å². The first-order chi connectivity index (χ1) is 4.81. The average Bonchev–Trinajstić information content (AvgIpc) is 1.49. The van der Waals surface area contributed by atoms with Gasteiger partial charge in [0.2, 0.25) is 0 Å². The van der Waals surface area contributed by atoms with Crippen LogP contribution in [-0.2, 0) is 0 Å². The molecular formula is C9H19NO. The number of nitrogens with one attached hydrogen (secondary N) is 1. The third-order valence-corrected chi connectivity index (χ3v) is 2.17. The number of aliphatic hydroxyl groups is 1. The van der Waals surface area contributed by atoms with Gasteiger partial charge in [0.1, 0.15) is 0 Å². The Labute approximate surface area is 69.0 Å². The Hall–Kier alpha value is -0.0800. The molecule has 0 bridgehead atoms. The third-order valence-electron chi connectivity index (χ3n) is 2.17. The van der Waals surface area contributed by atoms with Gasteiger partial charge in [0.25, 0.3) is 0 Å². The van der Waals surface area contributed by atoms with Crippen LogP contribution in [-0.4, -0.2) is 22.3 Å². The Morgan fingerprint density at radius 2 is 1.45 bits per heavy atom. The first-order valence-corrected chi connectivity index (χ1v) is 4.28. The van der Waals surface area contributed by atoms with Gasteiger partial charge in [-0.2, -0.15) is 0 Å². The topological polar surface area (TPSA) is 32.3 Å². The lowest BCUT2D eigenvalue weighted by Crippen LogP contribution is -2.59. The van der Waals surface area contributed by atoms with Crippen molar-refractivity contribution in [2.24, 2.45) is 0 Å². The summed E-state index contributed by atoms with van der Waals surface area (Å²) in [6, 6.07) is 0. The van der Waals surface area contributed by atoms with Crippen molar-refractivity contribution < 1.29 is 5.11 Å². The van der Waals surface area contributed by atoms with Crippen molar-refractivity contribution in [2.75, 3.05) is 0 Å². The van der Waals surface area contributed by atoms with Gasteiger partial charge >= 0.3 is 0 Å². The van der Waals surface area contributed by atoms with E-state index in [1.165, 1.54) is 0 Å². The highest BCUT2D eigenvalue weighted by Gasteiger charge is 2.36. The summed E-state index contributed by atoms with van der Waals surface area (Å²) < 4.78 is 0. The fourth-order valence-electron chi connectivity index (χ4n) is 2.27. The second kappa shape index (κ2) is 2.46. The average molecular weight is 158 g/mol. The molecule has 1 aliphatic heterocycles. The molecule has 0 atom stereocenters. The van der Waals surface area contributed by atoms with Crippen LogP contribution in [0.4, 0.5) is 0 Å². The highest BCUT2D eigenvalue weighted by Crippen LogP contribution is 2.27. The zero-order chi connectivity index (χ0) is 8.70. The summed E-state index contributed by atoms with van der Waals surface area (Å²) in [6.45, 7) is 8.54. The van der Waals surface area contributed by atoms with Crippen LogP contribution in [0.3, 0.4) is 0 Å². The molecule has 0 amide bonds. The molecule has 0 aromatic carbocycles. The van der Waals surface area contributed by atoms with E-state index < -0.39 is 0 Å². The summed E-state index contributed by atoms with van der Waals surface area (Å²) in [4.78, 5) is 0. The maximum atomic E-state index is 9.54. The summed E-state index contributed by atoms with van der Waals surface area (Å²) in [7, 11) is 0. The molecular weight excluding hydrogens is 139 g/mol. The molecule has 11 heavy (non-hydrogen) atoms. The van der Waals surface area contributed by atoms with Crippen LogP contribution < -0.4 is 5.32 Å². The molecule has 0 aromatic rings. The van der Waals surface area contributed by atoms with Gasteiger partial charge in [0, 0.05) is 11.1 Å². The van der Waals surface area contributed by atoms with Crippen molar-refractivity contribution in [3.8, 4) is 0 Å². The standard InChI is InChI=1S/C9H19NO/c1-8(2)5-7(11)6-9(3,4)10-8/h7,10-11H,5-6H2,1-4H3/i10+1. The monoisotopic (exact) mass is 158 g/mol. The lowest BCUT2D eigenvalue weighted by molar-refractivity contribution is 0.0396. The molecule has 0 unspecified atom stereocenters. The Kier molecular flexibility index (Phi) is 2.01. The smallest absolute Gasteiger partial charge is 0.0575 e. The van der Waals surface area contributed by atoms with E-state index in [0.29, 0.717) is 0 Å². The second-order valence-corrected chi connectivity index (χ2v) is 4.95. The number of hydrogen-bond donors (Lipinski definition) is 2. The fraction of sp³-hybridized carbons (Fsp3) is 1.00. The van der Waals surface area contributed by atoms with Gasteiger partial charge in [-0.25, -0.2) is 0 Å². The van der Waals surface area contributed by atoms with Crippen molar-refractivity contribution in [3.63, 3.8) is 0 Å². The number of piperidine rings is 1. The van der Waals surface area contributed by atoms with E-state index in [2.05, 4.69) is 33.0 Å². The Morgan fingerprint density at radius 3 is 1.73 bits per heavy atom. The Bertz CT molecular complexity index is 136. The second-order valence-electron chi connectivity index (χ2n) is 4.95. The van der Waals surface area contributed by atoms with E-state index >= 15 is 0 Å². The van der Waals surface area contributed by atoms with E-state index in [-0.39, 0.29) is 17.2 Å². The van der Waals surface area contributed by atoms with Gasteiger partial charge in [0.05, 0.1) is 6.10 Å².